The first-order valence-corrected chi connectivity index (χ1v) is 13.2. The normalized spacial score (nSPS) is 7.00. The maximum absolute atomic E-state index is 4.97. The molecule has 0 atom stereocenters. The SMILES string of the molecule is CCCCC.[Cl][InH][Cl]. The van der Waals surface area contributed by atoms with Crippen molar-refractivity contribution in [3.8, 4) is 0 Å². The van der Waals surface area contributed by atoms with Crippen LogP contribution in [0.15, 0.2) is 0 Å². The van der Waals surface area contributed by atoms with E-state index in [0.717, 1.165) is 0 Å². The average Bonchev–Trinajstić information content (AvgIpc) is 1.71. The van der Waals surface area contributed by atoms with E-state index >= 15 is 0 Å². The molecule has 8 heavy (non-hydrogen) atoms. The Hall–Kier alpha value is 1.45. The van der Waals surface area contributed by atoms with Crippen LogP contribution in [0.3, 0.4) is 0 Å². The van der Waals surface area contributed by atoms with Gasteiger partial charge in [0.2, 0.25) is 0 Å². The molecule has 0 bridgehead atoms. The number of rotatable bonds is 2. The minimum atomic E-state index is -1.07. The zero-order valence-corrected chi connectivity index (χ0v) is 11.1. The summed E-state index contributed by atoms with van der Waals surface area (Å²) in [6, 6.07) is 0. The molecule has 0 aromatic rings. The van der Waals surface area contributed by atoms with Crippen LogP contribution in [0.25, 0.3) is 0 Å². The third kappa shape index (κ3) is 26.0. The molecular formula is C5H13Cl2In. The van der Waals surface area contributed by atoms with Crippen LogP contribution in [-0.2, 0) is 0 Å². The molecule has 0 radical (unpaired) electrons. The van der Waals surface area contributed by atoms with Crippen molar-refractivity contribution in [1.29, 1.82) is 0 Å². The first kappa shape index (κ1) is 12.2. The van der Waals surface area contributed by atoms with E-state index in [9.17, 15) is 0 Å². The molecule has 0 amide bonds. The van der Waals surface area contributed by atoms with Crippen molar-refractivity contribution >= 4 is 37.7 Å². The molecule has 0 nitrogen and oxygen atoms in total. The van der Waals surface area contributed by atoms with E-state index in [1.165, 1.54) is 19.3 Å². The number of hydrogen-bond donors (Lipinski definition) is 0. The second-order valence-corrected chi connectivity index (χ2v) is 7.45. The van der Waals surface area contributed by atoms with E-state index in [1.54, 1.807) is 0 Å². The predicted octanol–water partition coefficient (Wildman–Crippen LogP) is 2.93. The summed E-state index contributed by atoms with van der Waals surface area (Å²) in [6.45, 7) is 4.42. The quantitative estimate of drug-likeness (QED) is 0.715. The molecule has 0 aliphatic heterocycles. The second kappa shape index (κ2) is 15.8. The Kier molecular flexibility index (Phi) is 24.0. The van der Waals surface area contributed by atoms with Crippen LogP contribution in [0.2, 0.25) is 0 Å². The summed E-state index contributed by atoms with van der Waals surface area (Å²) < 4.78 is 0. The Morgan fingerprint density at radius 3 is 1.38 bits per heavy atom. The van der Waals surface area contributed by atoms with E-state index < -0.39 is 20.5 Å². The molecule has 0 aromatic carbocycles. The van der Waals surface area contributed by atoms with Crippen molar-refractivity contribution in [1.82, 2.24) is 0 Å². The van der Waals surface area contributed by atoms with Crippen LogP contribution in [0.4, 0.5) is 0 Å². The van der Waals surface area contributed by atoms with E-state index in [2.05, 4.69) is 13.8 Å². The monoisotopic (exact) mass is 258 g/mol. The van der Waals surface area contributed by atoms with Crippen molar-refractivity contribution in [2.45, 2.75) is 33.1 Å². The Morgan fingerprint density at radius 2 is 1.38 bits per heavy atom. The standard InChI is InChI=1S/C5H12.2ClH.In.H/c1-3-5-4-2;;;;/h3-5H2,1-2H3;2*1H;;/q;;;+2;/p-2. The summed E-state index contributed by atoms with van der Waals surface area (Å²) in [4.78, 5) is 0. The third-order valence-corrected chi connectivity index (χ3v) is 0.707. The molecule has 50 valence electrons. The topological polar surface area (TPSA) is 0 Å². The van der Waals surface area contributed by atoms with E-state index in [1.807, 2.05) is 0 Å². The van der Waals surface area contributed by atoms with Crippen molar-refractivity contribution in [3.05, 3.63) is 0 Å². The molecule has 0 fully saturated rings. The Morgan fingerprint density at radius 1 is 1.12 bits per heavy atom. The number of hydrogen-bond acceptors (Lipinski definition) is 0. The minimum absolute atomic E-state index is 1.07. The predicted molar refractivity (Wildman–Crippen MR) is 44.1 cm³/mol. The first-order valence-electron chi connectivity index (χ1n) is 2.95. The van der Waals surface area contributed by atoms with Gasteiger partial charge in [0.1, 0.15) is 0 Å². The Bertz CT molecular complexity index is 24.4. The molecule has 0 rings (SSSR count). The molecule has 0 aromatic heterocycles. The first-order chi connectivity index (χ1) is 3.83. The van der Waals surface area contributed by atoms with Crippen LogP contribution in [0, 0.1) is 0 Å². The summed E-state index contributed by atoms with van der Waals surface area (Å²) >= 11 is -1.07. The van der Waals surface area contributed by atoms with Crippen molar-refractivity contribution in [2.75, 3.05) is 0 Å². The van der Waals surface area contributed by atoms with Gasteiger partial charge in [-0.05, 0) is 0 Å². The molecule has 0 spiro atoms. The van der Waals surface area contributed by atoms with Crippen LogP contribution in [0.5, 0.6) is 0 Å². The fourth-order valence-electron chi connectivity index (χ4n) is 0.354. The fourth-order valence-corrected chi connectivity index (χ4v) is 0.354. The average molecular weight is 259 g/mol. The van der Waals surface area contributed by atoms with Gasteiger partial charge in [0.25, 0.3) is 0 Å². The number of halogens is 2. The Labute approximate surface area is 70.5 Å². The molecule has 0 N–H and O–H groups in total. The zero-order valence-electron chi connectivity index (χ0n) is 5.58. The van der Waals surface area contributed by atoms with Gasteiger partial charge in [-0.2, -0.15) is 0 Å². The molecule has 0 saturated carbocycles. The van der Waals surface area contributed by atoms with Crippen molar-refractivity contribution in [2.24, 2.45) is 0 Å². The summed E-state index contributed by atoms with van der Waals surface area (Å²) in [6.07, 6.45) is 4.08. The van der Waals surface area contributed by atoms with Gasteiger partial charge in [-0.15, -0.1) is 0 Å². The van der Waals surface area contributed by atoms with Crippen LogP contribution in [0.1, 0.15) is 33.1 Å². The molecule has 3 heteroatoms. The van der Waals surface area contributed by atoms with Gasteiger partial charge in [0.15, 0.2) is 0 Å². The van der Waals surface area contributed by atoms with Crippen LogP contribution >= 0.6 is 17.2 Å². The zero-order chi connectivity index (χ0) is 6.83. The van der Waals surface area contributed by atoms with E-state index in [4.69, 9.17) is 17.2 Å². The second-order valence-electron chi connectivity index (χ2n) is 1.45. The molecule has 0 aliphatic rings. The molecule has 0 unspecified atom stereocenters. The summed E-state index contributed by atoms with van der Waals surface area (Å²) in [5.41, 5.74) is 0. The van der Waals surface area contributed by atoms with E-state index in [0.29, 0.717) is 0 Å². The van der Waals surface area contributed by atoms with Crippen LogP contribution < -0.4 is 0 Å². The third-order valence-electron chi connectivity index (χ3n) is 0.707. The van der Waals surface area contributed by atoms with Gasteiger partial charge in [-0.3, -0.25) is 0 Å². The summed E-state index contributed by atoms with van der Waals surface area (Å²) in [5.74, 6) is 0. The number of unbranched alkanes of at least 4 members (excludes halogenated alkanes) is 2. The fraction of sp³-hybridized carbons (Fsp3) is 1.00. The van der Waals surface area contributed by atoms with E-state index in [-0.39, 0.29) is 0 Å². The molecule has 0 heterocycles. The molecule has 0 aliphatic carbocycles. The summed E-state index contributed by atoms with van der Waals surface area (Å²) in [5, 5.41) is 0. The summed E-state index contributed by atoms with van der Waals surface area (Å²) in [7, 11) is 9.95. The van der Waals surface area contributed by atoms with Gasteiger partial charge in [0.05, 0.1) is 0 Å². The van der Waals surface area contributed by atoms with Gasteiger partial charge in [-0.1, -0.05) is 33.1 Å². The molecular weight excluding hydrogens is 246 g/mol. The van der Waals surface area contributed by atoms with Gasteiger partial charge < -0.3 is 0 Å². The van der Waals surface area contributed by atoms with Crippen LogP contribution in [-0.4, -0.2) is 20.5 Å². The van der Waals surface area contributed by atoms with Gasteiger partial charge in [0, 0.05) is 0 Å². The van der Waals surface area contributed by atoms with Gasteiger partial charge in [-0.25, -0.2) is 0 Å². The molecule has 0 saturated heterocycles. The van der Waals surface area contributed by atoms with Crippen molar-refractivity contribution < 1.29 is 0 Å². The van der Waals surface area contributed by atoms with Crippen molar-refractivity contribution in [3.63, 3.8) is 0 Å². The van der Waals surface area contributed by atoms with Gasteiger partial charge >= 0.3 is 37.7 Å². The Balaban J connectivity index is 0. The maximum atomic E-state index is 4.97.